The molecule has 0 atom stereocenters. The van der Waals surface area contributed by atoms with Gasteiger partial charge >= 0.3 is 5.97 Å². The van der Waals surface area contributed by atoms with Crippen LogP contribution in [0, 0.1) is 0 Å². The molecule has 0 bridgehead atoms. The monoisotopic (exact) mass is 227 g/mol. The molecule has 1 aromatic rings. The van der Waals surface area contributed by atoms with E-state index in [1.54, 1.807) is 7.05 Å². The standard InChI is InChI=1S/C9H13N3O2S/c1-10-12-7-2-4-8(5-3-7)15-11-6-9(13)14/h2-5,10-12H,6H2,1H3,(H,13,14). The van der Waals surface area contributed by atoms with Crippen LogP contribution >= 0.6 is 11.9 Å². The van der Waals surface area contributed by atoms with Crippen LogP contribution in [0.25, 0.3) is 0 Å². The molecule has 0 fully saturated rings. The minimum absolute atomic E-state index is 0.0544. The van der Waals surface area contributed by atoms with E-state index >= 15 is 0 Å². The van der Waals surface area contributed by atoms with E-state index in [1.807, 2.05) is 24.3 Å². The average Bonchev–Trinajstić information content (AvgIpc) is 2.20. The van der Waals surface area contributed by atoms with E-state index in [0.29, 0.717) is 0 Å². The van der Waals surface area contributed by atoms with E-state index in [2.05, 4.69) is 15.6 Å². The number of hydrazine groups is 1. The van der Waals surface area contributed by atoms with E-state index in [1.165, 1.54) is 11.9 Å². The zero-order valence-corrected chi connectivity index (χ0v) is 9.10. The molecule has 82 valence electrons. The molecule has 6 heteroatoms. The van der Waals surface area contributed by atoms with Gasteiger partial charge in [0.15, 0.2) is 0 Å². The number of carbonyl (C=O) groups is 1. The van der Waals surface area contributed by atoms with Gasteiger partial charge in [-0.15, -0.1) is 0 Å². The fourth-order valence-corrected chi connectivity index (χ4v) is 1.57. The van der Waals surface area contributed by atoms with Gasteiger partial charge < -0.3 is 10.5 Å². The van der Waals surface area contributed by atoms with Crippen molar-refractivity contribution >= 4 is 23.6 Å². The lowest BCUT2D eigenvalue weighted by atomic mass is 10.3. The minimum atomic E-state index is -0.865. The molecule has 0 saturated heterocycles. The summed E-state index contributed by atoms with van der Waals surface area (Å²) < 4.78 is 2.73. The number of hydrogen-bond acceptors (Lipinski definition) is 5. The molecule has 0 spiro atoms. The lowest BCUT2D eigenvalue weighted by molar-refractivity contribution is -0.135. The Morgan fingerprint density at radius 2 is 2.07 bits per heavy atom. The third-order valence-electron chi connectivity index (χ3n) is 1.54. The van der Waals surface area contributed by atoms with Crippen LogP contribution in [-0.2, 0) is 4.79 Å². The summed E-state index contributed by atoms with van der Waals surface area (Å²) in [6, 6.07) is 7.61. The third kappa shape index (κ3) is 4.68. The second kappa shape index (κ2) is 6.28. The lowest BCUT2D eigenvalue weighted by Crippen LogP contribution is -2.15. The molecule has 0 heterocycles. The smallest absolute Gasteiger partial charge is 0.318 e. The van der Waals surface area contributed by atoms with Crippen LogP contribution in [0.5, 0.6) is 0 Å². The van der Waals surface area contributed by atoms with Crippen LogP contribution in [-0.4, -0.2) is 24.7 Å². The number of aliphatic carboxylic acids is 1. The molecule has 0 unspecified atom stereocenters. The summed E-state index contributed by atoms with van der Waals surface area (Å²) >= 11 is 1.30. The molecule has 15 heavy (non-hydrogen) atoms. The maximum absolute atomic E-state index is 10.2. The molecule has 0 aromatic heterocycles. The quantitative estimate of drug-likeness (QED) is 0.428. The maximum atomic E-state index is 10.2. The van der Waals surface area contributed by atoms with E-state index < -0.39 is 5.97 Å². The number of carboxylic acid groups (broad SMARTS) is 1. The van der Waals surface area contributed by atoms with Gasteiger partial charge in [0.2, 0.25) is 0 Å². The van der Waals surface area contributed by atoms with E-state index in [0.717, 1.165) is 10.6 Å². The van der Waals surface area contributed by atoms with Crippen LogP contribution in [0.4, 0.5) is 5.69 Å². The maximum Gasteiger partial charge on any atom is 0.318 e. The number of benzene rings is 1. The molecule has 4 N–H and O–H groups in total. The highest BCUT2D eigenvalue weighted by Gasteiger charge is 1.97. The van der Waals surface area contributed by atoms with Gasteiger partial charge in [-0.25, -0.2) is 10.1 Å². The number of carboxylic acids is 1. The molecule has 0 aliphatic heterocycles. The van der Waals surface area contributed by atoms with Crippen molar-refractivity contribution < 1.29 is 9.90 Å². The normalized spacial score (nSPS) is 9.93. The number of nitrogens with one attached hydrogen (secondary N) is 3. The van der Waals surface area contributed by atoms with E-state index in [4.69, 9.17) is 5.11 Å². The van der Waals surface area contributed by atoms with E-state index in [9.17, 15) is 4.79 Å². The van der Waals surface area contributed by atoms with Crippen molar-refractivity contribution in [3.05, 3.63) is 24.3 Å². The van der Waals surface area contributed by atoms with Crippen LogP contribution in [0.15, 0.2) is 29.2 Å². The summed E-state index contributed by atoms with van der Waals surface area (Å²) in [5, 5.41) is 8.41. The molecular formula is C9H13N3O2S. The van der Waals surface area contributed by atoms with Crippen molar-refractivity contribution in [3.8, 4) is 0 Å². The third-order valence-corrected chi connectivity index (χ3v) is 2.33. The number of rotatable bonds is 6. The van der Waals surface area contributed by atoms with Crippen LogP contribution in [0.1, 0.15) is 0 Å². The highest BCUT2D eigenvalue weighted by atomic mass is 32.2. The molecule has 1 rings (SSSR count). The molecular weight excluding hydrogens is 214 g/mol. The second-order valence-corrected chi connectivity index (χ2v) is 3.68. The number of anilines is 1. The molecule has 0 saturated carbocycles. The van der Waals surface area contributed by atoms with Gasteiger partial charge in [0.25, 0.3) is 0 Å². The van der Waals surface area contributed by atoms with Crippen molar-refractivity contribution in [2.75, 3.05) is 19.0 Å². The van der Waals surface area contributed by atoms with Crippen molar-refractivity contribution in [1.29, 1.82) is 0 Å². The fraction of sp³-hybridized carbons (Fsp3) is 0.222. The topological polar surface area (TPSA) is 73.4 Å². The summed E-state index contributed by atoms with van der Waals surface area (Å²) in [4.78, 5) is 11.2. The largest absolute Gasteiger partial charge is 0.480 e. The van der Waals surface area contributed by atoms with Crippen LogP contribution < -0.4 is 15.6 Å². The Morgan fingerprint density at radius 3 is 2.60 bits per heavy atom. The number of hydrogen-bond donors (Lipinski definition) is 4. The fourth-order valence-electron chi connectivity index (χ4n) is 0.932. The minimum Gasteiger partial charge on any atom is -0.480 e. The summed E-state index contributed by atoms with van der Waals surface area (Å²) in [5.41, 5.74) is 6.71. The Hall–Kier alpha value is -1.24. The zero-order valence-electron chi connectivity index (χ0n) is 8.28. The lowest BCUT2D eigenvalue weighted by Gasteiger charge is -2.05. The molecule has 0 aliphatic carbocycles. The van der Waals surface area contributed by atoms with Crippen molar-refractivity contribution in [3.63, 3.8) is 0 Å². The highest BCUT2D eigenvalue weighted by Crippen LogP contribution is 2.16. The summed E-state index contributed by atoms with van der Waals surface area (Å²) in [5.74, 6) is -0.865. The van der Waals surface area contributed by atoms with Crippen molar-refractivity contribution in [2.45, 2.75) is 4.90 Å². The van der Waals surface area contributed by atoms with Gasteiger partial charge in [-0.05, 0) is 36.2 Å². The molecule has 5 nitrogen and oxygen atoms in total. The average molecular weight is 227 g/mol. The predicted molar refractivity (Wildman–Crippen MR) is 60.6 cm³/mol. The van der Waals surface area contributed by atoms with Gasteiger partial charge in [-0.1, -0.05) is 0 Å². The predicted octanol–water partition coefficient (Wildman–Crippen LogP) is 0.914. The summed E-state index contributed by atoms with van der Waals surface area (Å²) in [6.45, 7) is -0.0544. The Labute approximate surface area is 92.4 Å². The molecule has 0 aliphatic rings. The van der Waals surface area contributed by atoms with Crippen molar-refractivity contribution in [1.82, 2.24) is 10.1 Å². The molecule has 0 amide bonds. The SMILES string of the molecule is CNNc1ccc(SNCC(=O)O)cc1. The second-order valence-electron chi connectivity index (χ2n) is 2.72. The van der Waals surface area contributed by atoms with Crippen molar-refractivity contribution in [2.24, 2.45) is 0 Å². The van der Waals surface area contributed by atoms with Gasteiger partial charge in [-0.3, -0.25) is 4.79 Å². The Bertz CT molecular complexity index is 316. The van der Waals surface area contributed by atoms with Gasteiger partial charge in [-0.2, -0.15) is 0 Å². The van der Waals surface area contributed by atoms with Crippen LogP contribution in [0.2, 0.25) is 0 Å². The molecule has 1 aromatic carbocycles. The first-order valence-electron chi connectivity index (χ1n) is 4.36. The Balaban J connectivity index is 2.39. The zero-order chi connectivity index (χ0) is 11.1. The van der Waals surface area contributed by atoms with Gasteiger partial charge in [0.1, 0.15) is 6.54 Å². The highest BCUT2D eigenvalue weighted by molar-refractivity contribution is 7.97. The van der Waals surface area contributed by atoms with E-state index in [-0.39, 0.29) is 6.54 Å². The summed E-state index contributed by atoms with van der Waals surface area (Å²) in [6.07, 6.45) is 0. The van der Waals surface area contributed by atoms with Gasteiger partial charge in [0, 0.05) is 17.6 Å². The first-order valence-corrected chi connectivity index (χ1v) is 5.18. The summed E-state index contributed by atoms with van der Waals surface area (Å²) in [7, 11) is 1.79. The van der Waals surface area contributed by atoms with Crippen LogP contribution in [0.3, 0.4) is 0 Å². The first kappa shape index (κ1) is 11.8. The Kier molecular flexibility index (Phi) is 4.96. The Morgan fingerprint density at radius 1 is 1.40 bits per heavy atom. The van der Waals surface area contributed by atoms with Gasteiger partial charge in [0.05, 0.1) is 0 Å². The first-order chi connectivity index (χ1) is 7.22. The molecule has 0 radical (unpaired) electrons.